The molecule has 0 fully saturated rings. The predicted molar refractivity (Wildman–Crippen MR) is 118 cm³/mol. The van der Waals surface area contributed by atoms with Crippen LogP contribution in [-0.4, -0.2) is 21.5 Å². The molecule has 0 saturated carbocycles. The largest absolute Gasteiger partial charge is 0.366 e. The second-order valence-electron chi connectivity index (χ2n) is 8.49. The normalized spacial score (nSPS) is 15.0. The van der Waals surface area contributed by atoms with Gasteiger partial charge >= 0.3 is 0 Å². The van der Waals surface area contributed by atoms with E-state index in [9.17, 15) is 9.59 Å². The van der Waals surface area contributed by atoms with Crippen molar-refractivity contribution in [1.29, 1.82) is 0 Å². The molecule has 0 unspecified atom stereocenters. The zero-order valence-electron chi connectivity index (χ0n) is 17.1. The number of rotatable bonds is 4. The van der Waals surface area contributed by atoms with Gasteiger partial charge in [-0.1, -0.05) is 31.5 Å². The highest BCUT2D eigenvalue weighted by molar-refractivity contribution is 6.30. The Balaban J connectivity index is 1.83. The summed E-state index contributed by atoms with van der Waals surface area (Å²) >= 11 is 6.09. The fourth-order valence-electron chi connectivity index (χ4n) is 4.06. The number of nitrogens with zero attached hydrogens (tertiary/aromatic N) is 2. The molecule has 2 aromatic carbocycles. The van der Waals surface area contributed by atoms with Crippen LogP contribution in [0.4, 0.5) is 11.4 Å². The molecule has 0 aliphatic heterocycles. The molecule has 0 spiro atoms. The third kappa shape index (κ3) is 3.71. The predicted octanol–water partition coefficient (Wildman–Crippen LogP) is 4.83. The summed E-state index contributed by atoms with van der Waals surface area (Å²) in [5.41, 5.74) is 10.2. The first-order valence-electron chi connectivity index (χ1n) is 9.73. The molecular formula is C23H23ClN4O2. The molecule has 0 saturated heterocycles. The van der Waals surface area contributed by atoms with Crippen LogP contribution in [0.2, 0.25) is 5.02 Å². The van der Waals surface area contributed by atoms with Gasteiger partial charge in [-0.05, 0) is 55.2 Å². The van der Waals surface area contributed by atoms with Crippen LogP contribution in [0.5, 0.6) is 0 Å². The highest BCUT2D eigenvalue weighted by Crippen LogP contribution is 2.37. The van der Waals surface area contributed by atoms with E-state index in [2.05, 4.69) is 24.3 Å². The Morgan fingerprint density at radius 3 is 2.67 bits per heavy atom. The average Bonchev–Trinajstić information content (AvgIpc) is 2.96. The highest BCUT2D eigenvalue weighted by Gasteiger charge is 2.35. The first-order chi connectivity index (χ1) is 14.1. The summed E-state index contributed by atoms with van der Waals surface area (Å²) in [4.78, 5) is 24.7. The molecule has 4 rings (SSSR count). The second-order valence-corrected chi connectivity index (χ2v) is 8.93. The van der Waals surface area contributed by atoms with Crippen molar-refractivity contribution in [3.05, 3.63) is 70.0 Å². The van der Waals surface area contributed by atoms with Gasteiger partial charge in [-0.3, -0.25) is 9.59 Å². The van der Waals surface area contributed by atoms with Gasteiger partial charge in [-0.25, -0.2) is 4.68 Å². The van der Waals surface area contributed by atoms with Crippen LogP contribution < -0.4 is 11.1 Å². The number of primary amides is 1. The van der Waals surface area contributed by atoms with Gasteiger partial charge in [0, 0.05) is 17.1 Å². The molecule has 30 heavy (non-hydrogen) atoms. The number of aromatic nitrogens is 2. The number of ketones is 1. The molecule has 6 nitrogen and oxygen atoms in total. The topological polar surface area (TPSA) is 90.0 Å². The smallest absolute Gasteiger partial charge is 0.250 e. The van der Waals surface area contributed by atoms with Gasteiger partial charge < -0.3 is 11.1 Å². The number of fused-ring (bicyclic) bond motifs is 1. The number of aryl methyl sites for hydroxylation is 1. The molecular weight excluding hydrogens is 400 g/mol. The number of hydrogen-bond donors (Lipinski definition) is 2. The lowest BCUT2D eigenvalue weighted by molar-refractivity contribution is 0.0909. The van der Waals surface area contributed by atoms with Gasteiger partial charge in [0.15, 0.2) is 5.78 Å². The van der Waals surface area contributed by atoms with Gasteiger partial charge in [0.05, 0.1) is 33.9 Å². The maximum Gasteiger partial charge on any atom is 0.250 e. The van der Waals surface area contributed by atoms with Crippen molar-refractivity contribution >= 4 is 34.7 Å². The monoisotopic (exact) mass is 422 g/mol. The van der Waals surface area contributed by atoms with E-state index in [0.29, 0.717) is 34.0 Å². The molecule has 7 heteroatoms. The molecule has 1 aromatic heterocycles. The second kappa shape index (κ2) is 7.29. The summed E-state index contributed by atoms with van der Waals surface area (Å²) in [7, 11) is 0. The Morgan fingerprint density at radius 2 is 1.97 bits per heavy atom. The lowest BCUT2D eigenvalue weighted by Gasteiger charge is -2.29. The fourth-order valence-corrected chi connectivity index (χ4v) is 4.25. The number of nitrogens with two attached hydrogens (primary N) is 1. The van der Waals surface area contributed by atoms with Gasteiger partial charge in [0.2, 0.25) is 0 Å². The zero-order valence-corrected chi connectivity index (χ0v) is 17.9. The number of halogens is 1. The molecule has 0 bridgehead atoms. The van der Waals surface area contributed by atoms with E-state index in [4.69, 9.17) is 17.3 Å². The van der Waals surface area contributed by atoms with Crippen LogP contribution in [0.15, 0.2) is 42.5 Å². The van der Waals surface area contributed by atoms with Crippen LogP contribution in [0, 0.1) is 12.3 Å². The summed E-state index contributed by atoms with van der Waals surface area (Å²) < 4.78 is 1.80. The maximum atomic E-state index is 12.7. The number of Topliss-reactive ketones (excluding diaryl/α,β-unsaturated/α-hetero) is 1. The Labute approximate surface area is 180 Å². The van der Waals surface area contributed by atoms with Crippen LogP contribution >= 0.6 is 11.6 Å². The Hall–Kier alpha value is -3.12. The number of hydrogen-bond acceptors (Lipinski definition) is 4. The summed E-state index contributed by atoms with van der Waals surface area (Å²) in [5, 5.41) is 8.45. The van der Waals surface area contributed by atoms with Crippen molar-refractivity contribution in [2.24, 2.45) is 11.1 Å². The third-order valence-corrected chi connectivity index (χ3v) is 5.57. The van der Waals surface area contributed by atoms with Crippen molar-refractivity contribution in [3.8, 4) is 5.69 Å². The lowest BCUT2D eigenvalue weighted by Crippen LogP contribution is -2.28. The minimum absolute atomic E-state index is 0.121. The standard InChI is InChI=1S/C23H23ClN4O2/c1-13-21-19(11-23(2,3)12-20(21)29)28(27-13)16-7-8-17(22(25)30)18(10-16)26-15-6-4-5-14(24)9-15/h4-10,26H,11-12H2,1-3H3,(H2,25,30). The molecule has 1 aliphatic rings. The van der Waals surface area contributed by atoms with E-state index in [0.717, 1.165) is 23.5 Å². The van der Waals surface area contributed by atoms with E-state index in [-0.39, 0.29) is 11.2 Å². The third-order valence-electron chi connectivity index (χ3n) is 5.34. The van der Waals surface area contributed by atoms with Crippen molar-refractivity contribution in [3.63, 3.8) is 0 Å². The fraction of sp³-hybridized carbons (Fsp3) is 0.261. The molecule has 3 N–H and O–H groups in total. The maximum absolute atomic E-state index is 12.7. The first kappa shape index (κ1) is 20.2. The quantitative estimate of drug-likeness (QED) is 0.629. The van der Waals surface area contributed by atoms with E-state index >= 15 is 0 Å². The molecule has 0 atom stereocenters. The number of amides is 1. The number of benzene rings is 2. The summed E-state index contributed by atoms with van der Waals surface area (Å²) in [6, 6.07) is 12.5. The van der Waals surface area contributed by atoms with Crippen molar-refractivity contribution in [2.45, 2.75) is 33.6 Å². The van der Waals surface area contributed by atoms with Crippen molar-refractivity contribution in [1.82, 2.24) is 9.78 Å². The number of anilines is 2. The van der Waals surface area contributed by atoms with E-state index in [1.807, 2.05) is 25.1 Å². The summed E-state index contributed by atoms with van der Waals surface area (Å²) in [6.07, 6.45) is 1.25. The van der Waals surface area contributed by atoms with Crippen molar-refractivity contribution in [2.75, 3.05) is 5.32 Å². The van der Waals surface area contributed by atoms with E-state index in [1.54, 1.807) is 28.9 Å². The van der Waals surface area contributed by atoms with Gasteiger partial charge in [-0.2, -0.15) is 5.10 Å². The molecule has 3 aromatic rings. The minimum atomic E-state index is -0.541. The van der Waals surface area contributed by atoms with Crippen LogP contribution in [0.25, 0.3) is 5.69 Å². The summed E-state index contributed by atoms with van der Waals surface area (Å²) in [5.74, 6) is -0.419. The number of carbonyl (C=O) groups is 2. The van der Waals surface area contributed by atoms with E-state index in [1.165, 1.54) is 0 Å². The number of nitrogens with one attached hydrogen (secondary N) is 1. The Kier molecular flexibility index (Phi) is 4.90. The van der Waals surface area contributed by atoms with Crippen LogP contribution in [0.1, 0.15) is 52.4 Å². The average molecular weight is 423 g/mol. The summed E-state index contributed by atoms with van der Waals surface area (Å²) in [6.45, 7) is 6.03. The van der Waals surface area contributed by atoms with Gasteiger partial charge in [0.25, 0.3) is 5.91 Å². The molecule has 0 radical (unpaired) electrons. The van der Waals surface area contributed by atoms with Gasteiger partial charge in [-0.15, -0.1) is 0 Å². The molecule has 1 heterocycles. The number of carbonyl (C=O) groups excluding carboxylic acids is 2. The Morgan fingerprint density at radius 1 is 1.20 bits per heavy atom. The van der Waals surface area contributed by atoms with Crippen molar-refractivity contribution < 1.29 is 9.59 Å². The van der Waals surface area contributed by atoms with Crippen LogP contribution in [0.3, 0.4) is 0 Å². The van der Waals surface area contributed by atoms with Crippen LogP contribution in [-0.2, 0) is 6.42 Å². The SMILES string of the molecule is Cc1nn(-c2ccc(C(N)=O)c(Nc3cccc(Cl)c3)c2)c2c1C(=O)CC(C)(C)C2. The molecule has 1 aliphatic carbocycles. The van der Waals surface area contributed by atoms with E-state index < -0.39 is 5.91 Å². The lowest BCUT2D eigenvalue weighted by atomic mass is 9.75. The molecule has 154 valence electrons. The highest BCUT2D eigenvalue weighted by atomic mass is 35.5. The first-order valence-corrected chi connectivity index (χ1v) is 10.1. The molecule has 1 amide bonds. The zero-order chi connectivity index (χ0) is 21.6. The minimum Gasteiger partial charge on any atom is -0.366 e. The van der Waals surface area contributed by atoms with Gasteiger partial charge in [0.1, 0.15) is 0 Å². The Bertz CT molecular complexity index is 1180.